The molecule has 0 saturated carbocycles. The van der Waals surface area contributed by atoms with Gasteiger partial charge in [0.05, 0.1) is 5.71 Å². The van der Waals surface area contributed by atoms with Crippen molar-refractivity contribution >= 4 is 5.71 Å². The van der Waals surface area contributed by atoms with E-state index in [0.717, 1.165) is 25.2 Å². The Labute approximate surface area is 134 Å². The van der Waals surface area contributed by atoms with Crippen molar-refractivity contribution in [1.29, 1.82) is 0 Å². The molecule has 2 nitrogen and oxygen atoms in total. The average molecular weight is 294 g/mol. The van der Waals surface area contributed by atoms with Crippen molar-refractivity contribution in [2.45, 2.75) is 20.3 Å². The fourth-order valence-corrected chi connectivity index (χ4v) is 2.68. The van der Waals surface area contributed by atoms with E-state index in [1.54, 1.807) is 0 Å². The van der Waals surface area contributed by atoms with E-state index in [4.69, 9.17) is 4.99 Å². The van der Waals surface area contributed by atoms with Crippen LogP contribution in [0, 0.1) is 13.8 Å². The molecule has 0 heterocycles. The van der Waals surface area contributed by atoms with Crippen molar-refractivity contribution in [2.75, 3.05) is 27.2 Å². The molecule has 0 N–H and O–H groups in total. The van der Waals surface area contributed by atoms with Gasteiger partial charge in [-0.2, -0.15) is 0 Å². The third-order valence-corrected chi connectivity index (χ3v) is 3.80. The predicted molar refractivity (Wildman–Crippen MR) is 96.0 cm³/mol. The van der Waals surface area contributed by atoms with Crippen molar-refractivity contribution in [3.63, 3.8) is 0 Å². The number of aryl methyl sites for hydroxylation is 2. The fraction of sp³-hybridized carbons (Fsp3) is 0.350. The highest BCUT2D eigenvalue weighted by atomic mass is 15.0. The van der Waals surface area contributed by atoms with Gasteiger partial charge in [-0.3, -0.25) is 4.99 Å². The molecule has 0 spiro atoms. The Morgan fingerprint density at radius 1 is 0.909 bits per heavy atom. The maximum atomic E-state index is 4.95. The van der Waals surface area contributed by atoms with Crippen LogP contribution < -0.4 is 0 Å². The van der Waals surface area contributed by atoms with E-state index in [1.165, 1.54) is 22.3 Å². The number of hydrogen-bond donors (Lipinski definition) is 0. The van der Waals surface area contributed by atoms with Crippen LogP contribution in [0.1, 0.15) is 28.7 Å². The number of rotatable bonds is 6. The van der Waals surface area contributed by atoms with Gasteiger partial charge in [-0.15, -0.1) is 0 Å². The average Bonchev–Trinajstić information content (AvgIpc) is 2.50. The summed E-state index contributed by atoms with van der Waals surface area (Å²) in [6.45, 7) is 6.26. The van der Waals surface area contributed by atoms with Crippen LogP contribution in [-0.4, -0.2) is 37.8 Å². The molecular weight excluding hydrogens is 268 g/mol. The lowest BCUT2D eigenvalue weighted by molar-refractivity contribution is 0.403. The molecule has 0 amide bonds. The fourth-order valence-electron chi connectivity index (χ4n) is 2.68. The van der Waals surface area contributed by atoms with E-state index in [-0.39, 0.29) is 0 Å². The Hall–Kier alpha value is -1.93. The number of nitrogens with zero attached hydrogens (tertiary/aromatic N) is 2. The van der Waals surface area contributed by atoms with E-state index in [2.05, 4.69) is 81.4 Å². The molecule has 116 valence electrons. The highest BCUT2D eigenvalue weighted by Crippen LogP contribution is 2.19. The quantitative estimate of drug-likeness (QED) is 0.578. The minimum absolute atomic E-state index is 0.857. The van der Waals surface area contributed by atoms with Gasteiger partial charge in [0.25, 0.3) is 0 Å². The van der Waals surface area contributed by atoms with Crippen LogP contribution in [0.4, 0.5) is 0 Å². The van der Waals surface area contributed by atoms with E-state index >= 15 is 0 Å². The van der Waals surface area contributed by atoms with Gasteiger partial charge < -0.3 is 4.90 Å². The normalized spacial score (nSPS) is 12.0. The highest BCUT2D eigenvalue weighted by molar-refractivity contribution is 6.14. The first-order chi connectivity index (χ1) is 10.6. The Kier molecular flexibility index (Phi) is 5.91. The highest BCUT2D eigenvalue weighted by Gasteiger charge is 2.11. The molecule has 2 rings (SSSR count). The van der Waals surface area contributed by atoms with Gasteiger partial charge >= 0.3 is 0 Å². The molecule has 22 heavy (non-hydrogen) atoms. The lowest BCUT2D eigenvalue weighted by Gasteiger charge is -2.14. The van der Waals surface area contributed by atoms with Crippen LogP contribution in [-0.2, 0) is 0 Å². The van der Waals surface area contributed by atoms with Gasteiger partial charge in [0, 0.05) is 17.7 Å². The Balaban J connectivity index is 2.36. The summed E-state index contributed by atoms with van der Waals surface area (Å²) in [7, 11) is 4.21. The van der Waals surface area contributed by atoms with Crippen molar-refractivity contribution in [3.05, 3.63) is 70.8 Å². The summed E-state index contributed by atoms with van der Waals surface area (Å²) in [4.78, 5) is 7.15. The molecule has 0 bridgehead atoms. The summed E-state index contributed by atoms with van der Waals surface area (Å²) in [5.74, 6) is 0. The third-order valence-electron chi connectivity index (χ3n) is 3.80. The zero-order chi connectivity index (χ0) is 15.9. The van der Waals surface area contributed by atoms with E-state index in [1.807, 2.05) is 0 Å². The monoisotopic (exact) mass is 294 g/mol. The van der Waals surface area contributed by atoms with Crippen molar-refractivity contribution < 1.29 is 0 Å². The van der Waals surface area contributed by atoms with E-state index in [0.29, 0.717) is 0 Å². The Bertz CT molecular complexity index is 607. The van der Waals surface area contributed by atoms with Gasteiger partial charge in [0.1, 0.15) is 0 Å². The van der Waals surface area contributed by atoms with Gasteiger partial charge in [-0.05, 0) is 52.0 Å². The SMILES string of the molecule is Cc1cccc(C)c1C(=NCCCN(C)C)c1ccccc1. The summed E-state index contributed by atoms with van der Waals surface area (Å²) >= 11 is 0. The second kappa shape index (κ2) is 7.90. The maximum absolute atomic E-state index is 4.95. The smallest absolute Gasteiger partial charge is 0.0724 e. The predicted octanol–water partition coefficient (Wildman–Crippen LogP) is 4.09. The molecule has 2 aromatic carbocycles. The van der Waals surface area contributed by atoms with Crippen LogP contribution in [0.5, 0.6) is 0 Å². The van der Waals surface area contributed by atoms with Gasteiger partial charge in [0.15, 0.2) is 0 Å². The molecule has 0 aliphatic heterocycles. The zero-order valence-corrected chi connectivity index (χ0v) is 14.1. The van der Waals surface area contributed by atoms with Crippen molar-refractivity contribution in [3.8, 4) is 0 Å². The molecular formula is C20H26N2. The number of benzene rings is 2. The summed E-state index contributed by atoms with van der Waals surface area (Å²) in [5, 5.41) is 0. The van der Waals surface area contributed by atoms with Gasteiger partial charge in [-0.1, -0.05) is 48.5 Å². The van der Waals surface area contributed by atoms with Gasteiger partial charge in [-0.25, -0.2) is 0 Å². The molecule has 2 heteroatoms. The molecule has 2 aromatic rings. The summed E-state index contributed by atoms with van der Waals surface area (Å²) in [6.07, 6.45) is 1.08. The molecule has 0 atom stereocenters. The van der Waals surface area contributed by atoms with Crippen LogP contribution in [0.2, 0.25) is 0 Å². The summed E-state index contributed by atoms with van der Waals surface area (Å²) < 4.78 is 0. The molecule has 0 aliphatic carbocycles. The molecule has 0 fully saturated rings. The lowest BCUT2D eigenvalue weighted by Crippen LogP contribution is -2.14. The first-order valence-corrected chi connectivity index (χ1v) is 7.91. The molecule has 0 aliphatic rings. The van der Waals surface area contributed by atoms with E-state index < -0.39 is 0 Å². The van der Waals surface area contributed by atoms with Crippen molar-refractivity contribution in [1.82, 2.24) is 4.90 Å². The second-order valence-corrected chi connectivity index (χ2v) is 6.02. The Morgan fingerprint density at radius 3 is 2.14 bits per heavy atom. The molecule has 0 aromatic heterocycles. The Morgan fingerprint density at radius 2 is 1.55 bits per heavy atom. The number of hydrogen-bond acceptors (Lipinski definition) is 2. The standard InChI is InChI=1S/C20H26N2/c1-16-10-8-11-17(2)19(16)20(18-12-6-5-7-13-18)21-14-9-15-22(3)4/h5-8,10-13H,9,14-15H2,1-4H3. The molecule has 0 unspecified atom stereocenters. The zero-order valence-electron chi connectivity index (χ0n) is 14.1. The first-order valence-electron chi connectivity index (χ1n) is 7.91. The topological polar surface area (TPSA) is 15.6 Å². The van der Waals surface area contributed by atoms with Crippen LogP contribution in [0.15, 0.2) is 53.5 Å². The van der Waals surface area contributed by atoms with Crippen LogP contribution in [0.25, 0.3) is 0 Å². The minimum Gasteiger partial charge on any atom is -0.309 e. The van der Waals surface area contributed by atoms with Gasteiger partial charge in [0.2, 0.25) is 0 Å². The third kappa shape index (κ3) is 4.28. The minimum atomic E-state index is 0.857. The first kappa shape index (κ1) is 16.4. The van der Waals surface area contributed by atoms with Crippen LogP contribution >= 0.6 is 0 Å². The van der Waals surface area contributed by atoms with Crippen molar-refractivity contribution in [2.24, 2.45) is 4.99 Å². The molecule has 0 saturated heterocycles. The van der Waals surface area contributed by atoms with E-state index in [9.17, 15) is 0 Å². The number of aliphatic imine (C=N–C) groups is 1. The molecule has 0 radical (unpaired) electrons. The van der Waals surface area contributed by atoms with Crippen LogP contribution in [0.3, 0.4) is 0 Å². The largest absolute Gasteiger partial charge is 0.309 e. The second-order valence-electron chi connectivity index (χ2n) is 6.02. The lowest BCUT2D eigenvalue weighted by atomic mass is 9.94. The summed E-state index contributed by atoms with van der Waals surface area (Å²) in [5.41, 5.74) is 6.17. The summed E-state index contributed by atoms with van der Waals surface area (Å²) in [6, 6.07) is 17.0. The maximum Gasteiger partial charge on any atom is 0.0724 e.